The zero-order chi connectivity index (χ0) is 24.4. The van der Waals surface area contributed by atoms with Crippen LogP contribution in [0.1, 0.15) is 47.1 Å². The van der Waals surface area contributed by atoms with E-state index in [2.05, 4.69) is 5.32 Å². The Hall–Kier alpha value is -3.69. The first-order valence-corrected chi connectivity index (χ1v) is 11.6. The molecule has 33 heavy (non-hydrogen) atoms. The summed E-state index contributed by atoms with van der Waals surface area (Å²) >= 11 is 0. The first-order valence-electron chi connectivity index (χ1n) is 10.0. The van der Waals surface area contributed by atoms with Crippen molar-refractivity contribution in [1.29, 1.82) is 0 Å². The lowest BCUT2D eigenvalue weighted by Gasteiger charge is -2.21. The summed E-state index contributed by atoms with van der Waals surface area (Å²) < 4.78 is 29.2. The monoisotopic (exact) mass is 467 g/mol. The lowest BCUT2D eigenvalue weighted by atomic mass is 9.86. The van der Waals surface area contributed by atoms with E-state index in [9.17, 15) is 18.0 Å². The molecule has 9 heteroatoms. The molecule has 0 fully saturated rings. The number of nitrogens with one attached hydrogen (secondary N) is 1. The molecule has 0 saturated heterocycles. The normalized spacial score (nSPS) is 11.6. The van der Waals surface area contributed by atoms with Gasteiger partial charge in [0, 0.05) is 11.3 Å². The van der Waals surface area contributed by atoms with Crippen molar-refractivity contribution in [2.24, 2.45) is 10.9 Å². The average molecular weight is 468 g/mol. The number of hydrogen-bond acceptors (Lipinski definition) is 5. The highest BCUT2D eigenvalue weighted by Crippen LogP contribution is 2.32. The van der Waals surface area contributed by atoms with Gasteiger partial charge in [0.1, 0.15) is 11.5 Å². The summed E-state index contributed by atoms with van der Waals surface area (Å²) in [6.45, 7) is 6.10. The molecule has 3 aromatic rings. The Labute approximate surface area is 192 Å². The number of benzene rings is 3. The molecule has 0 saturated carbocycles. The second-order valence-electron chi connectivity index (χ2n) is 8.48. The minimum absolute atomic E-state index is 0.116. The fourth-order valence-electron chi connectivity index (χ4n) is 3.02. The molecule has 0 bridgehead atoms. The minimum Gasteiger partial charge on any atom is -0.457 e. The number of anilines is 1. The van der Waals surface area contributed by atoms with Crippen LogP contribution in [0.15, 0.2) is 71.6 Å². The molecule has 0 spiro atoms. The smallest absolute Gasteiger partial charge is 0.259 e. The van der Waals surface area contributed by atoms with Crippen molar-refractivity contribution in [3.05, 3.63) is 83.4 Å². The van der Waals surface area contributed by atoms with Gasteiger partial charge < -0.3 is 15.8 Å². The Bertz CT molecular complexity index is 1310. The van der Waals surface area contributed by atoms with Crippen molar-refractivity contribution < 1.29 is 22.7 Å². The molecular weight excluding hydrogens is 442 g/mol. The van der Waals surface area contributed by atoms with Gasteiger partial charge in [0.15, 0.2) is 0 Å². The molecule has 8 nitrogen and oxygen atoms in total. The van der Waals surface area contributed by atoms with E-state index < -0.39 is 21.8 Å². The van der Waals surface area contributed by atoms with Crippen LogP contribution >= 0.6 is 0 Å². The summed E-state index contributed by atoms with van der Waals surface area (Å²) in [5, 5.41) is 7.85. The fraction of sp³-hybridized carbons (Fsp3) is 0.167. The zero-order valence-electron chi connectivity index (χ0n) is 18.5. The first-order chi connectivity index (χ1) is 15.3. The molecule has 2 amide bonds. The SMILES string of the molecule is CC(C)(C)c1ccc(C(=O)Nc2cccc(S(N)(=O)=O)c2)c(Oc2ccc(C(N)=O)cc2)c1. The van der Waals surface area contributed by atoms with Crippen molar-refractivity contribution in [3.8, 4) is 11.5 Å². The molecule has 0 radical (unpaired) electrons. The highest BCUT2D eigenvalue weighted by Gasteiger charge is 2.20. The van der Waals surface area contributed by atoms with Gasteiger partial charge >= 0.3 is 0 Å². The van der Waals surface area contributed by atoms with E-state index in [1.165, 1.54) is 30.3 Å². The fourth-order valence-corrected chi connectivity index (χ4v) is 3.58. The van der Waals surface area contributed by atoms with E-state index in [0.29, 0.717) is 17.1 Å². The molecule has 0 heterocycles. The predicted molar refractivity (Wildman–Crippen MR) is 126 cm³/mol. The number of primary sulfonamides is 1. The topological polar surface area (TPSA) is 142 Å². The molecule has 3 rings (SSSR count). The molecule has 0 atom stereocenters. The number of ether oxygens (including phenoxy) is 1. The van der Waals surface area contributed by atoms with Gasteiger partial charge in [0.2, 0.25) is 15.9 Å². The van der Waals surface area contributed by atoms with Crippen molar-refractivity contribution in [1.82, 2.24) is 0 Å². The number of carbonyl (C=O) groups is 2. The van der Waals surface area contributed by atoms with Crippen LogP contribution in [0.5, 0.6) is 11.5 Å². The number of sulfonamides is 1. The van der Waals surface area contributed by atoms with Crippen molar-refractivity contribution in [3.63, 3.8) is 0 Å². The molecular formula is C24H25N3O5S. The van der Waals surface area contributed by atoms with Crippen LogP contribution in [0.4, 0.5) is 5.69 Å². The van der Waals surface area contributed by atoms with E-state index >= 15 is 0 Å². The number of primary amides is 1. The molecule has 172 valence electrons. The Morgan fingerprint density at radius 3 is 2.18 bits per heavy atom. The Balaban J connectivity index is 1.97. The third-order valence-corrected chi connectivity index (χ3v) is 5.79. The molecule has 0 aliphatic rings. The molecule has 0 unspecified atom stereocenters. The maximum atomic E-state index is 13.1. The maximum Gasteiger partial charge on any atom is 0.259 e. The van der Waals surface area contributed by atoms with E-state index in [0.717, 1.165) is 5.56 Å². The summed E-state index contributed by atoms with van der Waals surface area (Å²) in [6, 6.07) is 17.1. The molecule has 0 aromatic heterocycles. The van der Waals surface area contributed by atoms with Gasteiger partial charge in [0.05, 0.1) is 10.5 Å². The second kappa shape index (κ2) is 9.05. The van der Waals surface area contributed by atoms with Crippen LogP contribution in [0.2, 0.25) is 0 Å². The number of rotatable bonds is 6. The summed E-state index contributed by atoms with van der Waals surface area (Å²) in [4.78, 5) is 24.3. The zero-order valence-corrected chi connectivity index (χ0v) is 19.3. The van der Waals surface area contributed by atoms with Crippen molar-refractivity contribution in [2.75, 3.05) is 5.32 Å². The van der Waals surface area contributed by atoms with Gasteiger partial charge in [-0.3, -0.25) is 9.59 Å². The van der Waals surface area contributed by atoms with Crippen LogP contribution in [-0.2, 0) is 15.4 Å². The van der Waals surface area contributed by atoms with Gasteiger partial charge in [0.25, 0.3) is 5.91 Å². The molecule has 0 aliphatic heterocycles. The van der Waals surface area contributed by atoms with Gasteiger partial charge in [-0.25, -0.2) is 13.6 Å². The van der Waals surface area contributed by atoms with Crippen LogP contribution in [-0.4, -0.2) is 20.2 Å². The number of hydrogen-bond donors (Lipinski definition) is 3. The Morgan fingerprint density at radius 1 is 0.939 bits per heavy atom. The van der Waals surface area contributed by atoms with E-state index in [4.69, 9.17) is 15.6 Å². The van der Waals surface area contributed by atoms with Crippen LogP contribution in [0.25, 0.3) is 0 Å². The second-order valence-corrected chi connectivity index (χ2v) is 10.0. The predicted octanol–water partition coefficient (Wildman–Crippen LogP) is 3.78. The standard InChI is InChI=1S/C24H25N3O5S/c1-24(2,3)16-9-12-20(21(13-16)32-18-10-7-15(8-11-18)22(25)28)23(29)27-17-5-4-6-19(14-17)33(26,30)31/h4-14H,1-3H3,(H2,25,28)(H,27,29)(H2,26,30,31). The number of carbonyl (C=O) groups excluding carboxylic acids is 2. The highest BCUT2D eigenvalue weighted by atomic mass is 32.2. The summed E-state index contributed by atoms with van der Waals surface area (Å²) in [7, 11) is -3.92. The van der Waals surface area contributed by atoms with Crippen molar-refractivity contribution in [2.45, 2.75) is 31.1 Å². The Kier molecular flexibility index (Phi) is 6.57. The van der Waals surface area contributed by atoms with Crippen molar-refractivity contribution >= 4 is 27.5 Å². The Morgan fingerprint density at radius 2 is 1.61 bits per heavy atom. The van der Waals surface area contributed by atoms with Crippen LogP contribution < -0.4 is 20.9 Å². The summed E-state index contributed by atoms with van der Waals surface area (Å²) in [6.07, 6.45) is 0. The first kappa shape index (κ1) is 24.0. The van der Waals surface area contributed by atoms with Gasteiger partial charge in [-0.2, -0.15) is 0 Å². The lowest BCUT2D eigenvalue weighted by Crippen LogP contribution is -2.17. The van der Waals surface area contributed by atoms with E-state index in [-0.39, 0.29) is 21.6 Å². The average Bonchev–Trinajstić information content (AvgIpc) is 2.73. The van der Waals surface area contributed by atoms with Gasteiger partial charge in [-0.05, 0) is 65.6 Å². The maximum absolute atomic E-state index is 13.1. The number of nitrogens with two attached hydrogens (primary N) is 2. The summed E-state index contributed by atoms with van der Waals surface area (Å²) in [5.74, 6) is -0.338. The van der Waals surface area contributed by atoms with Crippen LogP contribution in [0, 0.1) is 0 Å². The lowest BCUT2D eigenvalue weighted by molar-refractivity contribution is 0.0997. The van der Waals surface area contributed by atoms with Crippen LogP contribution in [0.3, 0.4) is 0 Å². The largest absolute Gasteiger partial charge is 0.457 e. The quantitative estimate of drug-likeness (QED) is 0.506. The van der Waals surface area contributed by atoms with E-state index in [1.807, 2.05) is 26.8 Å². The molecule has 0 aliphatic carbocycles. The molecule has 3 aromatic carbocycles. The van der Waals surface area contributed by atoms with Gasteiger partial charge in [-0.15, -0.1) is 0 Å². The highest BCUT2D eigenvalue weighted by molar-refractivity contribution is 7.89. The van der Waals surface area contributed by atoms with E-state index in [1.54, 1.807) is 30.3 Å². The third kappa shape index (κ3) is 5.97. The summed E-state index contributed by atoms with van der Waals surface area (Å²) in [5.41, 5.74) is 6.86. The third-order valence-electron chi connectivity index (χ3n) is 4.88. The minimum atomic E-state index is -3.92. The number of amides is 2. The van der Waals surface area contributed by atoms with Gasteiger partial charge in [-0.1, -0.05) is 32.9 Å². The molecule has 5 N–H and O–H groups in total.